The molecule has 1 unspecified atom stereocenters. The van der Waals surface area contributed by atoms with Crippen LogP contribution in [0, 0.1) is 5.82 Å². The summed E-state index contributed by atoms with van der Waals surface area (Å²) < 4.78 is 19.6. The number of nitrogens with zero attached hydrogens (tertiary/aromatic N) is 2. The Labute approximate surface area is 221 Å². The van der Waals surface area contributed by atoms with Crippen LogP contribution in [-0.4, -0.2) is 88.9 Å². The number of rotatable bonds is 13. The average Bonchev–Trinajstić information content (AvgIpc) is 2.90. The number of carbonyl (C=O) groups is 3. The topological polar surface area (TPSA) is 128 Å². The summed E-state index contributed by atoms with van der Waals surface area (Å²) in [5.41, 5.74) is 2.02. The number of halogens is 1. The van der Waals surface area contributed by atoms with E-state index in [2.05, 4.69) is 9.80 Å². The van der Waals surface area contributed by atoms with E-state index in [0.29, 0.717) is 18.8 Å². The van der Waals surface area contributed by atoms with Crippen molar-refractivity contribution >= 4 is 17.9 Å². The number of benzene rings is 2. The van der Waals surface area contributed by atoms with Crippen molar-refractivity contribution in [2.45, 2.75) is 25.4 Å². The van der Waals surface area contributed by atoms with Gasteiger partial charge >= 0.3 is 17.9 Å². The number of hydrogen-bond donors (Lipinski definition) is 3. The maximum absolute atomic E-state index is 13.3. The van der Waals surface area contributed by atoms with Gasteiger partial charge in [0.05, 0.1) is 6.61 Å². The molecule has 0 spiro atoms. The van der Waals surface area contributed by atoms with Crippen LogP contribution in [0.15, 0.2) is 66.7 Å². The molecule has 1 saturated heterocycles. The summed E-state index contributed by atoms with van der Waals surface area (Å²) in [4.78, 5) is 34.5. The molecule has 38 heavy (non-hydrogen) atoms. The predicted octanol–water partition coefficient (Wildman–Crippen LogP) is 3.52. The van der Waals surface area contributed by atoms with Crippen molar-refractivity contribution in [3.8, 4) is 0 Å². The Hall–Kier alpha value is -3.60. The Bertz CT molecular complexity index is 1010. The molecule has 1 fully saturated rings. The van der Waals surface area contributed by atoms with Gasteiger partial charge in [-0.25, -0.2) is 14.0 Å². The van der Waals surface area contributed by atoms with Gasteiger partial charge in [-0.3, -0.25) is 9.69 Å². The molecule has 2 aromatic rings. The van der Waals surface area contributed by atoms with E-state index in [1.165, 1.54) is 12.1 Å². The second kappa shape index (κ2) is 17.0. The Morgan fingerprint density at radius 2 is 1.32 bits per heavy atom. The molecule has 1 aliphatic heterocycles. The fourth-order valence-corrected chi connectivity index (χ4v) is 3.94. The summed E-state index contributed by atoms with van der Waals surface area (Å²) in [6, 6.07) is 16.6. The highest BCUT2D eigenvalue weighted by atomic mass is 19.1. The molecule has 10 heteroatoms. The third-order valence-electron chi connectivity index (χ3n) is 5.92. The summed E-state index contributed by atoms with van der Waals surface area (Å²) in [5, 5.41) is 24.3. The second-order valence-corrected chi connectivity index (χ2v) is 8.76. The van der Waals surface area contributed by atoms with Crippen molar-refractivity contribution in [2.24, 2.45) is 0 Å². The highest BCUT2D eigenvalue weighted by molar-refractivity contribution is 5.89. The zero-order chi connectivity index (χ0) is 27.8. The van der Waals surface area contributed by atoms with Crippen LogP contribution in [0.4, 0.5) is 4.39 Å². The zero-order valence-electron chi connectivity index (χ0n) is 21.2. The summed E-state index contributed by atoms with van der Waals surface area (Å²) in [6.07, 6.45) is 2.85. The van der Waals surface area contributed by atoms with Crippen molar-refractivity contribution in [1.82, 2.24) is 9.80 Å². The maximum Gasteiger partial charge on any atom is 0.328 e. The van der Waals surface area contributed by atoms with Crippen molar-refractivity contribution < 1.29 is 38.8 Å². The van der Waals surface area contributed by atoms with Crippen LogP contribution in [0.3, 0.4) is 0 Å². The van der Waals surface area contributed by atoms with Crippen molar-refractivity contribution in [2.75, 3.05) is 45.9 Å². The normalized spacial score (nSPS) is 15.0. The Morgan fingerprint density at radius 1 is 0.789 bits per heavy atom. The van der Waals surface area contributed by atoms with Crippen LogP contribution in [0.25, 0.3) is 0 Å². The van der Waals surface area contributed by atoms with Gasteiger partial charge in [0.2, 0.25) is 0 Å². The van der Waals surface area contributed by atoms with Crippen LogP contribution >= 0.6 is 0 Å². The molecule has 3 rings (SSSR count). The summed E-state index contributed by atoms with van der Waals surface area (Å²) in [5.74, 6) is -3.47. The Morgan fingerprint density at radius 3 is 1.84 bits per heavy atom. The number of ether oxygens (including phenoxy) is 1. The minimum Gasteiger partial charge on any atom is -0.481 e. The minimum atomic E-state index is -1.26. The molecule has 0 saturated carbocycles. The van der Waals surface area contributed by atoms with E-state index in [-0.39, 0.29) is 18.3 Å². The lowest BCUT2D eigenvalue weighted by Crippen LogP contribution is -2.47. The van der Waals surface area contributed by atoms with Crippen molar-refractivity contribution in [3.05, 3.63) is 83.7 Å². The lowest BCUT2D eigenvalue weighted by Gasteiger charge is -2.34. The maximum atomic E-state index is 13.3. The Balaban J connectivity index is 0.000000550. The van der Waals surface area contributed by atoms with Crippen LogP contribution in [0.2, 0.25) is 0 Å². The van der Waals surface area contributed by atoms with E-state index < -0.39 is 17.9 Å². The average molecular weight is 531 g/mol. The minimum absolute atomic E-state index is 0.206. The number of aliphatic carboxylic acids is 3. The van der Waals surface area contributed by atoms with Gasteiger partial charge in [-0.1, -0.05) is 42.5 Å². The van der Waals surface area contributed by atoms with E-state index in [1.54, 1.807) is 12.1 Å². The number of piperazine rings is 1. The smallest absolute Gasteiger partial charge is 0.328 e. The number of hydrogen-bond acceptors (Lipinski definition) is 6. The quantitative estimate of drug-likeness (QED) is 0.263. The van der Waals surface area contributed by atoms with Crippen molar-refractivity contribution in [1.29, 1.82) is 0 Å². The van der Waals surface area contributed by atoms with E-state index in [4.69, 9.17) is 20.1 Å². The van der Waals surface area contributed by atoms with Gasteiger partial charge in [0.1, 0.15) is 11.9 Å². The summed E-state index contributed by atoms with van der Waals surface area (Å²) >= 11 is 0. The first-order valence-corrected chi connectivity index (χ1v) is 12.5. The van der Waals surface area contributed by atoms with Gasteiger partial charge in [0.25, 0.3) is 0 Å². The summed E-state index contributed by atoms with van der Waals surface area (Å²) in [7, 11) is 0. The molecule has 9 nitrogen and oxygen atoms in total. The monoisotopic (exact) mass is 530 g/mol. The van der Waals surface area contributed by atoms with Gasteiger partial charge < -0.3 is 25.0 Å². The molecule has 1 heterocycles. The lowest BCUT2D eigenvalue weighted by atomic mass is 10.0. The second-order valence-electron chi connectivity index (χ2n) is 8.76. The molecule has 3 N–H and O–H groups in total. The first-order chi connectivity index (χ1) is 18.2. The molecule has 0 aliphatic carbocycles. The molecule has 0 radical (unpaired) electrons. The van der Waals surface area contributed by atoms with Gasteiger partial charge in [0, 0.05) is 51.3 Å². The highest BCUT2D eigenvalue weighted by Gasteiger charge is 2.18. The third-order valence-corrected chi connectivity index (χ3v) is 5.92. The number of unbranched alkanes of at least 4 members (excludes halogenated alkanes) is 1. The van der Waals surface area contributed by atoms with Gasteiger partial charge in [-0.15, -0.1) is 0 Å². The number of carboxylic acid groups (broad SMARTS) is 3. The highest BCUT2D eigenvalue weighted by Crippen LogP contribution is 2.26. The van der Waals surface area contributed by atoms with E-state index >= 15 is 0 Å². The molecule has 0 bridgehead atoms. The fraction of sp³-hybridized carbons (Fsp3) is 0.393. The first kappa shape index (κ1) is 30.6. The fourth-order valence-electron chi connectivity index (χ4n) is 3.94. The molecule has 0 amide bonds. The van der Waals surface area contributed by atoms with E-state index in [0.717, 1.165) is 63.2 Å². The van der Waals surface area contributed by atoms with Gasteiger partial charge in [-0.05, 0) is 42.6 Å². The molecular formula is C28H35FN2O7. The number of carboxylic acids is 3. The molecular weight excluding hydrogens is 495 g/mol. The van der Waals surface area contributed by atoms with E-state index in [9.17, 15) is 18.8 Å². The molecule has 206 valence electrons. The summed E-state index contributed by atoms with van der Waals surface area (Å²) in [6.45, 7) is 6.44. The zero-order valence-corrected chi connectivity index (χ0v) is 21.2. The van der Waals surface area contributed by atoms with Crippen LogP contribution < -0.4 is 0 Å². The van der Waals surface area contributed by atoms with Crippen LogP contribution in [0.5, 0.6) is 0 Å². The SMILES string of the molecule is O=C(O)/C=C\C(=O)O.O=C(O)CCCCN1CCN(CCOC(c2ccccc2)c2ccc(F)cc2)CC1. The first-order valence-electron chi connectivity index (χ1n) is 12.5. The molecule has 1 aliphatic rings. The lowest BCUT2D eigenvalue weighted by molar-refractivity contribution is -0.137. The molecule has 2 aromatic carbocycles. The molecule has 0 aromatic heterocycles. The largest absolute Gasteiger partial charge is 0.481 e. The van der Waals surface area contributed by atoms with Gasteiger partial charge in [0.15, 0.2) is 0 Å². The van der Waals surface area contributed by atoms with Crippen LogP contribution in [-0.2, 0) is 19.1 Å². The predicted molar refractivity (Wildman–Crippen MR) is 139 cm³/mol. The van der Waals surface area contributed by atoms with Gasteiger partial charge in [-0.2, -0.15) is 0 Å². The molecule has 1 atom stereocenters. The van der Waals surface area contributed by atoms with Crippen LogP contribution in [0.1, 0.15) is 36.5 Å². The van der Waals surface area contributed by atoms with Crippen molar-refractivity contribution in [3.63, 3.8) is 0 Å². The Kier molecular flexibility index (Phi) is 13.7. The third kappa shape index (κ3) is 12.6. The van der Waals surface area contributed by atoms with E-state index in [1.807, 2.05) is 30.3 Å². The standard InChI is InChI=1S/C24H31FN2O3.C4H4O4/c25-22-11-9-21(10-12-22)24(20-6-2-1-3-7-20)30-19-18-27-16-14-26(15-17-27)13-5-4-8-23(28)29;5-3(6)1-2-4(7)8/h1-3,6-7,9-12,24H,4-5,8,13-19H2,(H,28,29);1-2H,(H,5,6)(H,7,8)/b;2-1-.